The summed E-state index contributed by atoms with van der Waals surface area (Å²) < 4.78 is 0. The molecular weight excluding hydrogens is 504 g/mol. The maximum atomic E-state index is 10.8. The molecule has 0 aromatic heterocycles. The van der Waals surface area contributed by atoms with E-state index < -0.39 is 0 Å². The zero-order chi connectivity index (χ0) is 30.0. The van der Waals surface area contributed by atoms with E-state index in [1.165, 1.54) is 19.3 Å². The highest BCUT2D eigenvalue weighted by atomic mass is 16.3. The number of anilines is 1. The Morgan fingerprint density at radius 2 is 1.46 bits per heavy atom. The lowest BCUT2D eigenvalue weighted by atomic mass is 9.98. The van der Waals surface area contributed by atoms with Gasteiger partial charge in [0, 0.05) is 28.2 Å². The highest BCUT2D eigenvalue weighted by Gasteiger charge is 2.11. The van der Waals surface area contributed by atoms with E-state index in [1.807, 2.05) is 48.5 Å². The Morgan fingerprint density at radius 3 is 2.07 bits per heavy atom. The van der Waals surface area contributed by atoms with Crippen LogP contribution in [0.2, 0.25) is 0 Å². The number of nitrogens with one attached hydrogen (secondary N) is 2. The Morgan fingerprint density at radius 1 is 0.805 bits per heavy atom. The maximum Gasteiger partial charge on any atom is 0.139 e. The molecule has 0 aliphatic heterocycles. The molecule has 0 radical (unpaired) electrons. The minimum atomic E-state index is 0.0942. The molecule has 0 amide bonds. The number of phenolic OH excluding ortho intramolecular Hbond substituents is 1. The fraction of sp³-hybridized carbons (Fsp3) is 0.297. The molecule has 0 unspecified atom stereocenters. The normalized spacial score (nSPS) is 11.3. The molecule has 0 heterocycles. The van der Waals surface area contributed by atoms with Crippen LogP contribution in [0.1, 0.15) is 83.8 Å². The Bertz CT molecular complexity index is 1300. The first-order valence-electron chi connectivity index (χ1n) is 14.8. The van der Waals surface area contributed by atoms with Gasteiger partial charge in [-0.3, -0.25) is 0 Å². The van der Waals surface area contributed by atoms with E-state index in [4.69, 9.17) is 0 Å². The van der Waals surface area contributed by atoms with Crippen LogP contribution >= 0.6 is 0 Å². The van der Waals surface area contributed by atoms with Crippen LogP contribution in [0.25, 0.3) is 22.5 Å². The minimum absolute atomic E-state index is 0.0942. The molecule has 0 aliphatic rings. The highest BCUT2D eigenvalue weighted by Crippen LogP contribution is 2.33. The lowest BCUT2D eigenvalue weighted by Crippen LogP contribution is -2.12. The lowest BCUT2D eigenvalue weighted by molar-refractivity contribution is 0.472. The van der Waals surface area contributed by atoms with Gasteiger partial charge in [0.05, 0.1) is 11.9 Å². The van der Waals surface area contributed by atoms with Gasteiger partial charge in [0.1, 0.15) is 5.75 Å². The highest BCUT2D eigenvalue weighted by molar-refractivity contribution is 5.86. The Kier molecular flexibility index (Phi) is 14.7. The summed E-state index contributed by atoms with van der Waals surface area (Å²) in [5.41, 5.74) is 7.71. The van der Waals surface area contributed by atoms with Crippen molar-refractivity contribution in [1.29, 1.82) is 0 Å². The van der Waals surface area contributed by atoms with Crippen molar-refractivity contribution >= 4 is 17.1 Å². The number of hydrogen-bond donors (Lipinski definition) is 4. The Balaban J connectivity index is 0.00000108. The molecule has 0 fully saturated rings. The number of rotatable bonds is 14. The number of benzene rings is 3. The number of allylic oxidation sites excluding steroid dienone is 2. The van der Waals surface area contributed by atoms with E-state index in [-0.39, 0.29) is 5.75 Å². The van der Waals surface area contributed by atoms with Gasteiger partial charge in [-0.15, -0.1) is 0 Å². The third-order valence-corrected chi connectivity index (χ3v) is 6.82. The second kappa shape index (κ2) is 18.2. The van der Waals surface area contributed by atoms with Crippen molar-refractivity contribution < 1.29 is 10.2 Å². The van der Waals surface area contributed by atoms with Gasteiger partial charge in [0.2, 0.25) is 0 Å². The van der Waals surface area contributed by atoms with Crippen molar-refractivity contribution in [3.8, 4) is 16.9 Å². The first-order chi connectivity index (χ1) is 19.9. The van der Waals surface area contributed by atoms with Gasteiger partial charge in [-0.25, -0.2) is 0 Å². The smallest absolute Gasteiger partial charge is 0.139 e. The topological polar surface area (TPSA) is 64.5 Å². The van der Waals surface area contributed by atoms with Gasteiger partial charge in [-0.05, 0) is 54.7 Å². The Hall–Kier alpha value is -4.18. The molecule has 4 N–H and O–H groups in total. The molecule has 0 aliphatic carbocycles. The fourth-order valence-electron chi connectivity index (χ4n) is 4.40. The molecule has 0 atom stereocenters. The van der Waals surface area contributed by atoms with Crippen LogP contribution in [0.4, 0.5) is 5.69 Å². The van der Waals surface area contributed by atoms with Crippen LogP contribution in [-0.2, 0) is 0 Å². The zero-order valence-corrected chi connectivity index (χ0v) is 25.3. The molecule has 0 saturated heterocycles. The average Bonchev–Trinajstić information content (AvgIpc) is 2.99. The molecule has 4 nitrogen and oxygen atoms in total. The van der Waals surface area contributed by atoms with E-state index in [0.717, 1.165) is 65.5 Å². The molecule has 3 rings (SSSR count). The van der Waals surface area contributed by atoms with Crippen LogP contribution in [0.15, 0.2) is 110 Å². The standard InChI is InChI=1S/C32H36N2O2.C5H12/c1-5-6-8-13-23(2)30(20-21-35)33-24(3)27-18-19-31(32(36)22-27)34-25(4)28-16-11-12-17-29(28)26-14-9-7-10-15-26;1-3-5-4-2/h7,9-12,14-22,33-36H,3-6,8,13H2,1-2H3;3-5H2,1-2H3/b21-20-,30-23-;. The van der Waals surface area contributed by atoms with Crippen LogP contribution in [-0.4, -0.2) is 10.2 Å². The van der Waals surface area contributed by atoms with Gasteiger partial charge in [-0.1, -0.05) is 127 Å². The van der Waals surface area contributed by atoms with E-state index in [2.05, 4.69) is 69.7 Å². The number of unbranched alkanes of at least 4 members (excludes halogenated alkanes) is 4. The SMILES string of the molecule is C=C(NC(/C=C\O)=C(/C)CCCCC)c1ccc(NC(=C)c2ccccc2-c2ccccc2)c(O)c1.CCCCC. The fourth-order valence-corrected chi connectivity index (χ4v) is 4.40. The molecule has 218 valence electrons. The summed E-state index contributed by atoms with van der Waals surface area (Å²) in [6.07, 6.45) is 11.1. The summed E-state index contributed by atoms with van der Waals surface area (Å²) in [5, 5.41) is 26.7. The number of aliphatic hydroxyl groups is 1. The quantitative estimate of drug-likeness (QED) is 0.0695. The second-order valence-electron chi connectivity index (χ2n) is 10.2. The first kappa shape index (κ1) is 33.0. The summed E-state index contributed by atoms with van der Waals surface area (Å²) in [7, 11) is 0. The molecule has 4 heteroatoms. The van der Waals surface area contributed by atoms with Crippen LogP contribution in [0, 0.1) is 0 Å². The van der Waals surface area contributed by atoms with E-state index in [1.54, 1.807) is 12.1 Å². The number of aromatic hydroxyl groups is 1. The van der Waals surface area contributed by atoms with Gasteiger partial charge in [0.15, 0.2) is 0 Å². The molecule has 0 bridgehead atoms. The average molecular weight is 553 g/mol. The van der Waals surface area contributed by atoms with Gasteiger partial charge in [-0.2, -0.15) is 0 Å². The number of aliphatic hydroxyl groups excluding tert-OH is 1. The third-order valence-electron chi connectivity index (χ3n) is 6.82. The molecule has 0 saturated carbocycles. The summed E-state index contributed by atoms with van der Waals surface area (Å²) in [5.74, 6) is 0.0942. The summed E-state index contributed by atoms with van der Waals surface area (Å²) >= 11 is 0. The van der Waals surface area contributed by atoms with Gasteiger partial charge >= 0.3 is 0 Å². The predicted molar refractivity (Wildman–Crippen MR) is 179 cm³/mol. The third kappa shape index (κ3) is 10.7. The molecule has 0 spiro atoms. The summed E-state index contributed by atoms with van der Waals surface area (Å²) in [6.45, 7) is 17.0. The van der Waals surface area contributed by atoms with Crippen molar-refractivity contribution in [2.75, 3.05) is 5.32 Å². The summed E-state index contributed by atoms with van der Waals surface area (Å²) in [4.78, 5) is 0. The first-order valence-corrected chi connectivity index (χ1v) is 14.8. The molecular formula is C37H48N2O2. The van der Waals surface area contributed by atoms with Crippen LogP contribution in [0.5, 0.6) is 5.75 Å². The van der Waals surface area contributed by atoms with E-state index in [9.17, 15) is 10.2 Å². The molecule has 41 heavy (non-hydrogen) atoms. The van der Waals surface area contributed by atoms with Gasteiger partial charge < -0.3 is 20.8 Å². The van der Waals surface area contributed by atoms with Crippen molar-refractivity contribution in [3.63, 3.8) is 0 Å². The molecule has 3 aromatic carbocycles. The lowest BCUT2D eigenvalue weighted by Gasteiger charge is -2.17. The van der Waals surface area contributed by atoms with Gasteiger partial charge in [0.25, 0.3) is 0 Å². The maximum absolute atomic E-state index is 10.8. The van der Waals surface area contributed by atoms with Crippen LogP contribution < -0.4 is 10.6 Å². The predicted octanol–water partition coefficient (Wildman–Crippen LogP) is 10.8. The second-order valence-corrected chi connectivity index (χ2v) is 10.2. The van der Waals surface area contributed by atoms with Crippen molar-refractivity contribution in [2.24, 2.45) is 0 Å². The monoisotopic (exact) mass is 552 g/mol. The molecule has 3 aromatic rings. The minimum Gasteiger partial charge on any atom is -0.516 e. The van der Waals surface area contributed by atoms with Crippen LogP contribution in [0.3, 0.4) is 0 Å². The van der Waals surface area contributed by atoms with Crippen molar-refractivity contribution in [3.05, 3.63) is 121 Å². The number of hydrogen-bond acceptors (Lipinski definition) is 4. The number of phenols is 1. The zero-order valence-electron chi connectivity index (χ0n) is 25.3. The largest absolute Gasteiger partial charge is 0.516 e. The van der Waals surface area contributed by atoms with Crippen molar-refractivity contribution in [1.82, 2.24) is 5.32 Å². The van der Waals surface area contributed by atoms with Crippen molar-refractivity contribution in [2.45, 2.75) is 72.6 Å². The van der Waals surface area contributed by atoms with E-state index >= 15 is 0 Å². The summed E-state index contributed by atoms with van der Waals surface area (Å²) in [6, 6.07) is 23.6. The van der Waals surface area contributed by atoms with E-state index in [0.29, 0.717) is 17.1 Å². The Labute approximate surface area is 247 Å².